The van der Waals surface area contributed by atoms with E-state index in [1.54, 1.807) is 4.90 Å². The smallest absolute Gasteiger partial charge is 0.0996 e. The molecule has 0 radical (unpaired) electrons. The van der Waals surface area contributed by atoms with Crippen LogP contribution in [0.2, 0.25) is 0 Å². The lowest BCUT2D eigenvalue weighted by Crippen LogP contribution is -3.16. The van der Waals surface area contributed by atoms with E-state index in [2.05, 4.69) is 40.1 Å². The van der Waals surface area contributed by atoms with Crippen molar-refractivity contribution >= 4 is 0 Å². The number of hydrogen-bond acceptors (Lipinski definition) is 0. The molecule has 1 aliphatic heterocycles. The summed E-state index contributed by atoms with van der Waals surface area (Å²) in [7, 11) is 2.33. The zero-order valence-corrected chi connectivity index (χ0v) is 10.5. The second kappa shape index (κ2) is 5.13. The highest BCUT2D eigenvalue weighted by Gasteiger charge is 2.34. The van der Waals surface area contributed by atoms with Gasteiger partial charge < -0.3 is 10.2 Å². The molecule has 84 valence electrons. The number of nitrogens with one attached hydrogen (secondary N) is 1. The summed E-state index contributed by atoms with van der Waals surface area (Å²) in [5.41, 5.74) is 0. The minimum Gasteiger partial charge on any atom is -0.343 e. The van der Waals surface area contributed by atoms with Crippen molar-refractivity contribution in [1.29, 1.82) is 0 Å². The normalized spacial score (nSPS) is 39.0. The molecule has 14 heavy (non-hydrogen) atoms. The van der Waals surface area contributed by atoms with E-state index in [1.165, 1.54) is 19.5 Å². The zero-order valence-electron chi connectivity index (χ0n) is 10.5. The molecule has 2 nitrogen and oxygen atoms in total. The van der Waals surface area contributed by atoms with Gasteiger partial charge >= 0.3 is 0 Å². The van der Waals surface area contributed by atoms with Crippen LogP contribution in [0.25, 0.3) is 0 Å². The van der Waals surface area contributed by atoms with Crippen molar-refractivity contribution in [1.82, 2.24) is 0 Å². The number of nitrogens with two attached hydrogens (primary N) is 1. The molecule has 1 saturated heterocycles. The molecule has 1 heterocycles. The predicted octanol–water partition coefficient (Wildman–Crippen LogP) is -0.483. The van der Waals surface area contributed by atoms with Crippen LogP contribution in [0.15, 0.2) is 0 Å². The summed E-state index contributed by atoms with van der Waals surface area (Å²) < 4.78 is 0. The van der Waals surface area contributed by atoms with Crippen LogP contribution < -0.4 is 10.2 Å². The molecule has 0 aromatic heterocycles. The van der Waals surface area contributed by atoms with E-state index in [0.717, 1.165) is 23.9 Å². The molecule has 3 N–H and O–H groups in total. The van der Waals surface area contributed by atoms with E-state index < -0.39 is 0 Å². The number of quaternary nitrogens is 2. The van der Waals surface area contributed by atoms with Crippen LogP contribution in [-0.4, -0.2) is 32.2 Å². The Hall–Kier alpha value is -0.0800. The van der Waals surface area contributed by atoms with Crippen molar-refractivity contribution in [3.05, 3.63) is 0 Å². The molecule has 0 aromatic carbocycles. The van der Waals surface area contributed by atoms with Crippen molar-refractivity contribution in [2.45, 2.75) is 46.2 Å². The first-order valence-corrected chi connectivity index (χ1v) is 6.16. The summed E-state index contributed by atoms with van der Waals surface area (Å²) >= 11 is 0. The highest BCUT2D eigenvalue weighted by Crippen LogP contribution is 2.07. The fourth-order valence-corrected chi connectivity index (χ4v) is 2.48. The zero-order chi connectivity index (χ0) is 10.7. The third-order valence-corrected chi connectivity index (χ3v) is 3.75. The fraction of sp³-hybridized carbons (Fsp3) is 1.00. The Kier molecular flexibility index (Phi) is 4.39. The average molecular weight is 200 g/mol. The van der Waals surface area contributed by atoms with Crippen molar-refractivity contribution in [2.24, 2.45) is 11.8 Å². The van der Waals surface area contributed by atoms with E-state index in [0.29, 0.717) is 0 Å². The maximum absolute atomic E-state index is 2.58. The number of hydrogen-bond donors (Lipinski definition) is 2. The fourth-order valence-electron chi connectivity index (χ4n) is 2.48. The minimum absolute atomic E-state index is 0.824. The average Bonchev–Trinajstić information content (AvgIpc) is 2.09. The Labute approximate surface area is 89.1 Å². The van der Waals surface area contributed by atoms with Gasteiger partial charge in [-0.2, -0.15) is 0 Å². The topological polar surface area (TPSA) is 21.1 Å². The van der Waals surface area contributed by atoms with Crippen molar-refractivity contribution in [2.75, 3.05) is 20.1 Å². The monoisotopic (exact) mass is 200 g/mol. The van der Waals surface area contributed by atoms with Crippen LogP contribution in [0.3, 0.4) is 0 Å². The second-order valence-corrected chi connectivity index (χ2v) is 5.69. The number of piperidine rings is 1. The first-order chi connectivity index (χ1) is 6.50. The lowest BCUT2D eigenvalue weighted by atomic mass is 9.89. The SMILES string of the molecule is CC(C)C[NH2+][C@@H]1C[C@@H](C)[NH+](C)C[C@H]1C. The molecular weight excluding hydrogens is 172 g/mol. The van der Waals surface area contributed by atoms with Gasteiger partial charge in [-0.05, 0) is 6.92 Å². The Morgan fingerprint density at radius 3 is 2.57 bits per heavy atom. The van der Waals surface area contributed by atoms with E-state index in [9.17, 15) is 0 Å². The van der Waals surface area contributed by atoms with Crippen LogP contribution in [0, 0.1) is 11.8 Å². The summed E-state index contributed by atoms with van der Waals surface area (Å²) in [4.78, 5) is 1.71. The molecular formula is C12H28N2+2. The van der Waals surface area contributed by atoms with Gasteiger partial charge in [-0.3, -0.25) is 0 Å². The molecule has 0 saturated carbocycles. The van der Waals surface area contributed by atoms with Gasteiger partial charge in [0.2, 0.25) is 0 Å². The van der Waals surface area contributed by atoms with E-state index in [1.807, 2.05) is 0 Å². The van der Waals surface area contributed by atoms with E-state index in [-0.39, 0.29) is 0 Å². The second-order valence-electron chi connectivity index (χ2n) is 5.69. The van der Waals surface area contributed by atoms with Gasteiger partial charge in [-0.15, -0.1) is 0 Å². The molecule has 0 bridgehead atoms. The van der Waals surface area contributed by atoms with Gasteiger partial charge in [0, 0.05) is 5.92 Å². The Bertz CT molecular complexity index is 168. The van der Waals surface area contributed by atoms with Gasteiger partial charge in [-0.1, -0.05) is 20.8 Å². The maximum Gasteiger partial charge on any atom is 0.0996 e. The summed E-state index contributed by atoms with van der Waals surface area (Å²) in [6, 6.07) is 1.72. The molecule has 1 unspecified atom stereocenters. The third kappa shape index (κ3) is 3.25. The number of likely N-dealkylation sites (tertiary alicyclic amines) is 1. The van der Waals surface area contributed by atoms with Crippen LogP contribution in [0.1, 0.15) is 34.1 Å². The Morgan fingerprint density at radius 2 is 2.00 bits per heavy atom. The quantitative estimate of drug-likeness (QED) is 0.614. The summed E-state index contributed by atoms with van der Waals surface area (Å²) in [6.07, 6.45) is 1.39. The third-order valence-electron chi connectivity index (χ3n) is 3.75. The van der Waals surface area contributed by atoms with Crippen molar-refractivity contribution < 1.29 is 10.2 Å². The molecule has 0 aromatic rings. The maximum atomic E-state index is 2.58. The lowest BCUT2D eigenvalue weighted by molar-refractivity contribution is -0.923. The minimum atomic E-state index is 0.824. The summed E-state index contributed by atoms with van der Waals surface area (Å²) in [6.45, 7) is 12.1. The first-order valence-electron chi connectivity index (χ1n) is 6.16. The van der Waals surface area contributed by atoms with Crippen LogP contribution in [-0.2, 0) is 0 Å². The van der Waals surface area contributed by atoms with Crippen molar-refractivity contribution in [3.8, 4) is 0 Å². The van der Waals surface area contributed by atoms with E-state index in [4.69, 9.17) is 0 Å². The van der Waals surface area contributed by atoms with Gasteiger partial charge in [0.15, 0.2) is 0 Å². The summed E-state index contributed by atoms with van der Waals surface area (Å²) in [5.74, 6) is 1.70. The summed E-state index contributed by atoms with van der Waals surface area (Å²) in [5, 5.41) is 2.58. The predicted molar refractivity (Wildman–Crippen MR) is 60.4 cm³/mol. The van der Waals surface area contributed by atoms with E-state index >= 15 is 0 Å². The largest absolute Gasteiger partial charge is 0.343 e. The van der Waals surface area contributed by atoms with Gasteiger partial charge in [0.25, 0.3) is 0 Å². The van der Waals surface area contributed by atoms with Crippen LogP contribution in [0.5, 0.6) is 0 Å². The van der Waals surface area contributed by atoms with Crippen LogP contribution >= 0.6 is 0 Å². The standard InChI is InChI=1S/C12H26N2/c1-9(2)7-13-12-6-11(4)14(5)8-10(12)3/h9-13H,6-8H2,1-5H3/p+2/t10-,11-,12-/m1/s1. The van der Waals surface area contributed by atoms with Gasteiger partial charge in [0.1, 0.15) is 0 Å². The van der Waals surface area contributed by atoms with Crippen LogP contribution in [0.4, 0.5) is 0 Å². The molecule has 1 aliphatic rings. The highest BCUT2D eigenvalue weighted by atomic mass is 15.2. The number of rotatable bonds is 3. The lowest BCUT2D eigenvalue weighted by Gasteiger charge is -2.35. The van der Waals surface area contributed by atoms with Gasteiger partial charge in [-0.25, -0.2) is 0 Å². The highest BCUT2D eigenvalue weighted by molar-refractivity contribution is 4.70. The Morgan fingerprint density at radius 1 is 1.36 bits per heavy atom. The van der Waals surface area contributed by atoms with Crippen molar-refractivity contribution in [3.63, 3.8) is 0 Å². The van der Waals surface area contributed by atoms with Gasteiger partial charge in [0.05, 0.1) is 44.6 Å². The molecule has 0 spiro atoms. The Balaban J connectivity index is 2.37. The molecule has 1 rings (SSSR count). The first kappa shape index (κ1) is 12.0. The molecule has 0 amide bonds. The molecule has 4 atom stereocenters. The molecule has 1 fully saturated rings. The molecule has 0 aliphatic carbocycles. The molecule has 2 heteroatoms.